The Bertz CT molecular complexity index is 585. The first-order valence-corrected chi connectivity index (χ1v) is 9.78. The molecule has 1 nitrogen and oxygen atoms in total. The van der Waals surface area contributed by atoms with E-state index < -0.39 is 0 Å². The summed E-state index contributed by atoms with van der Waals surface area (Å²) >= 11 is 0. The molecule has 0 aromatic carbocycles. The van der Waals surface area contributed by atoms with Crippen LogP contribution in [0.2, 0.25) is 0 Å². The van der Waals surface area contributed by atoms with Crippen LogP contribution in [-0.4, -0.2) is 6.29 Å². The van der Waals surface area contributed by atoms with Gasteiger partial charge >= 0.3 is 0 Å². The highest BCUT2D eigenvalue weighted by molar-refractivity contribution is 5.67. The van der Waals surface area contributed by atoms with E-state index in [1.807, 2.05) is 6.08 Å². The Kier molecular flexibility index (Phi) is 4.43. The van der Waals surface area contributed by atoms with E-state index in [1.165, 1.54) is 37.7 Å². The summed E-state index contributed by atoms with van der Waals surface area (Å²) in [5.74, 6) is 2.27. The van der Waals surface area contributed by atoms with Crippen molar-refractivity contribution in [3.05, 3.63) is 36.5 Å². The van der Waals surface area contributed by atoms with Gasteiger partial charge in [-0.05, 0) is 80.1 Å². The Morgan fingerprint density at radius 3 is 2.42 bits per heavy atom. The molecule has 0 amide bonds. The molecule has 132 valence electrons. The van der Waals surface area contributed by atoms with Crippen LogP contribution in [0.25, 0.3) is 0 Å². The second-order valence-corrected chi connectivity index (χ2v) is 9.14. The van der Waals surface area contributed by atoms with Crippen molar-refractivity contribution in [3.63, 3.8) is 0 Å². The molecule has 3 saturated carbocycles. The van der Waals surface area contributed by atoms with Crippen molar-refractivity contribution in [1.82, 2.24) is 0 Å². The number of hydrogen-bond acceptors (Lipinski definition) is 1. The van der Waals surface area contributed by atoms with Gasteiger partial charge in [0.25, 0.3) is 0 Å². The van der Waals surface area contributed by atoms with Crippen molar-refractivity contribution in [2.45, 2.75) is 66.2 Å². The van der Waals surface area contributed by atoms with Crippen molar-refractivity contribution < 1.29 is 4.79 Å². The summed E-state index contributed by atoms with van der Waals surface area (Å²) in [6.07, 6.45) is 17.2. The van der Waals surface area contributed by atoms with Crippen LogP contribution in [0.3, 0.4) is 0 Å². The van der Waals surface area contributed by atoms with Crippen molar-refractivity contribution in [1.29, 1.82) is 0 Å². The number of hydrogen-bond donors (Lipinski definition) is 0. The Morgan fingerprint density at radius 1 is 1.08 bits per heavy atom. The number of fused-ring (bicyclic) bond motifs is 3. The van der Waals surface area contributed by atoms with Gasteiger partial charge in [0, 0.05) is 5.41 Å². The van der Waals surface area contributed by atoms with E-state index in [4.69, 9.17) is 0 Å². The average Bonchev–Trinajstić information content (AvgIpc) is 2.83. The third-order valence-corrected chi connectivity index (χ3v) is 8.55. The summed E-state index contributed by atoms with van der Waals surface area (Å²) in [6.45, 7) is 13.7. The lowest BCUT2D eigenvalue weighted by molar-refractivity contribution is -0.104. The fourth-order valence-electron chi connectivity index (χ4n) is 6.82. The van der Waals surface area contributed by atoms with Gasteiger partial charge in [-0.15, -0.1) is 6.58 Å². The molecular weight excluding hydrogens is 292 g/mol. The van der Waals surface area contributed by atoms with Gasteiger partial charge in [-0.1, -0.05) is 44.6 Å². The van der Waals surface area contributed by atoms with Gasteiger partial charge in [-0.3, -0.25) is 4.79 Å². The first-order valence-electron chi connectivity index (χ1n) is 9.78. The van der Waals surface area contributed by atoms with E-state index in [9.17, 15) is 4.79 Å². The van der Waals surface area contributed by atoms with E-state index in [0.717, 1.165) is 24.5 Å². The normalized spacial score (nSPS) is 49.8. The van der Waals surface area contributed by atoms with Gasteiger partial charge < -0.3 is 0 Å². The molecule has 3 fully saturated rings. The quantitative estimate of drug-likeness (QED) is 0.347. The summed E-state index contributed by atoms with van der Waals surface area (Å²) in [5, 5.41) is 0. The molecule has 3 aliphatic rings. The predicted octanol–water partition coefficient (Wildman–Crippen LogP) is 6.12. The molecule has 0 aliphatic heterocycles. The minimum atomic E-state index is 0.0626. The summed E-state index contributed by atoms with van der Waals surface area (Å²) in [6, 6.07) is 0. The van der Waals surface area contributed by atoms with Crippen molar-refractivity contribution in [2.75, 3.05) is 0 Å². The fraction of sp³-hybridized carbons (Fsp3) is 0.696. The van der Waals surface area contributed by atoms with Gasteiger partial charge in [-0.2, -0.15) is 0 Å². The molecule has 24 heavy (non-hydrogen) atoms. The number of allylic oxidation sites excluding steroid dienone is 5. The minimum Gasteiger partial charge on any atom is -0.299 e. The van der Waals surface area contributed by atoms with Crippen molar-refractivity contribution in [3.8, 4) is 0 Å². The van der Waals surface area contributed by atoms with Crippen LogP contribution in [-0.2, 0) is 4.79 Å². The molecule has 3 aliphatic carbocycles. The number of rotatable bonds is 3. The predicted molar refractivity (Wildman–Crippen MR) is 102 cm³/mol. The van der Waals surface area contributed by atoms with Gasteiger partial charge in [0.2, 0.25) is 0 Å². The molecule has 0 spiro atoms. The molecule has 6 atom stereocenters. The lowest BCUT2D eigenvalue weighted by Gasteiger charge is -2.58. The zero-order valence-electron chi connectivity index (χ0n) is 16.0. The summed E-state index contributed by atoms with van der Waals surface area (Å²) in [5.41, 5.74) is 2.11. The van der Waals surface area contributed by atoms with E-state index in [1.54, 1.807) is 0 Å². The molecule has 0 saturated heterocycles. The molecule has 0 radical (unpaired) electrons. The van der Waals surface area contributed by atoms with Crippen LogP contribution >= 0.6 is 0 Å². The Labute approximate surface area is 148 Å². The number of aldehydes is 1. The van der Waals surface area contributed by atoms with Crippen LogP contribution in [0, 0.1) is 34.0 Å². The molecule has 0 N–H and O–H groups in total. The Morgan fingerprint density at radius 2 is 1.79 bits per heavy atom. The standard InChI is InChI=1S/C23H34O/c1-6-13-22(4)17(12-16-24)8-9-18-19(22)11-15-23(5)20(18)10-14-21(23,3)7-2/h6-7,12-13,16,18-20H,2,8-11,14-15H2,1,3-5H3/b13-6-,17-12-/t18?,19?,20?,21-,22?,23?/m0/s1. The van der Waals surface area contributed by atoms with Crippen LogP contribution in [0.5, 0.6) is 0 Å². The van der Waals surface area contributed by atoms with Gasteiger partial charge in [0.05, 0.1) is 0 Å². The Hall–Kier alpha value is -1.11. The molecule has 3 rings (SSSR count). The monoisotopic (exact) mass is 326 g/mol. The maximum atomic E-state index is 11.2. The minimum absolute atomic E-state index is 0.0626. The van der Waals surface area contributed by atoms with Crippen LogP contribution in [0.4, 0.5) is 0 Å². The third-order valence-electron chi connectivity index (χ3n) is 8.55. The molecule has 0 aromatic heterocycles. The van der Waals surface area contributed by atoms with Crippen LogP contribution in [0.15, 0.2) is 36.5 Å². The van der Waals surface area contributed by atoms with Crippen LogP contribution in [0.1, 0.15) is 66.2 Å². The van der Waals surface area contributed by atoms with Crippen molar-refractivity contribution >= 4 is 6.29 Å². The SMILES string of the molecule is C=C[C@@]1(C)CCC2C3CC/C(=C/C=O)C(C)(/C=C\C)C3CCC21C. The smallest absolute Gasteiger partial charge is 0.142 e. The first-order chi connectivity index (χ1) is 11.4. The highest BCUT2D eigenvalue weighted by Crippen LogP contribution is 2.69. The average molecular weight is 327 g/mol. The topological polar surface area (TPSA) is 17.1 Å². The highest BCUT2D eigenvalue weighted by Gasteiger charge is 2.61. The maximum Gasteiger partial charge on any atom is 0.142 e. The largest absolute Gasteiger partial charge is 0.299 e. The second kappa shape index (κ2) is 6.00. The molecule has 5 unspecified atom stereocenters. The Balaban J connectivity index is 2.00. The first kappa shape index (κ1) is 17.7. The molecule has 1 heteroatoms. The van der Waals surface area contributed by atoms with Gasteiger partial charge in [0.15, 0.2) is 0 Å². The lowest BCUT2D eigenvalue weighted by atomic mass is 9.46. The molecule has 0 aromatic rings. The van der Waals surface area contributed by atoms with Crippen LogP contribution < -0.4 is 0 Å². The number of carbonyl (C=O) groups is 1. The highest BCUT2D eigenvalue weighted by atomic mass is 16.1. The third kappa shape index (κ3) is 2.23. The molecular formula is C23H34O. The second-order valence-electron chi connectivity index (χ2n) is 9.14. The maximum absolute atomic E-state index is 11.2. The van der Waals surface area contributed by atoms with E-state index in [0.29, 0.717) is 16.7 Å². The van der Waals surface area contributed by atoms with E-state index >= 15 is 0 Å². The van der Waals surface area contributed by atoms with Gasteiger partial charge in [-0.25, -0.2) is 0 Å². The summed E-state index contributed by atoms with van der Waals surface area (Å²) < 4.78 is 0. The zero-order valence-corrected chi connectivity index (χ0v) is 16.0. The van der Waals surface area contributed by atoms with E-state index in [2.05, 4.69) is 52.5 Å². The molecule has 0 heterocycles. The summed E-state index contributed by atoms with van der Waals surface area (Å²) in [7, 11) is 0. The zero-order chi connectivity index (χ0) is 17.6. The fourth-order valence-corrected chi connectivity index (χ4v) is 6.82. The lowest BCUT2D eigenvalue weighted by Crippen LogP contribution is -2.50. The van der Waals surface area contributed by atoms with E-state index in [-0.39, 0.29) is 5.41 Å². The summed E-state index contributed by atoms with van der Waals surface area (Å²) in [4.78, 5) is 11.2. The molecule has 0 bridgehead atoms. The van der Waals surface area contributed by atoms with Gasteiger partial charge in [0.1, 0.15) is 6.29 Å². The number of carbonyl (C=O) groups excluding carboxylic acids is 1. The van der Waals surface area contributed by atoms with Crippen molar-refractivity contribution in [2.24, 2.45) is 34.0 Å².